The third-order valence-corrected chi connectivity index (χ3v) is 5.43. The fourth-order valence-corrected chi connectivity index (χ4v) is 3.77. The minimum Gasteiger partial charge on any atom is -0.494 e. The highest BCUT2D eigenvalue weighted by atomic mass is 16.5. The van der Waals surface area contributed by atoms with Crippen molar-refractivity contribution in [3.05, 3.63) is 36.9 Å². The second-order valence-corrected chi connectivity index (χ2v) is 6.82. The molecule has 2 aromatic rings. The molecule has 0 saturated carbocycles. The average Bonchev–Trinajstić information content (AvgIpc) is 3.05. The number of piperidine rings is 1. The molecule has 0 radical (unpaired) electrons. The van der Waals surface area contributed by atoms with Crippen molar-refractivity contribution in [1.29, 1.82) is 0 Å². The Kier molecular flexibility index (Phi) is 4.43. The fraction of sp³-hybridized carbons (Fsp3) is 0.444. The molecule has 0 aromatic carbocycles. The first-order chi connectivity index (χ1) is 13.1. The predicted octanol–water partition coefficient (Wildman–Crippen LogP) is 0.934. The van der Waals surface area contributed by atoms with Crippen molar-refractivity contribution < 1.29 is 14.3 Å². The first kappa shape index (κ1) is 17.3. The largest absolute Gasteiger partial charge is 0.494 e. The van der Waals surface area contributed by atoms with Crippen LogP contribution in [0.5, 0.6) is 5.75 Å². The topological polar surface area (TPSA) is 101 Å². The van der Waals surface area contributed by atoms with Crippen molar-refractivity contribution in [2.24, 2.45) is 5.41 Å². The Bertz CT molecular complexity index is 834. The zero-order valence-electron chi connectivity index (χ0n) is 15.0. The number of hydrogen-bond donors (Lipinski definition) is 0. The lowest BCUT2D eigenvalue weighted by Gasteiger charge is -2.37. The summed E-state index contributed by atoms with van der Waals surface area (Å²) in [5.74, 6) is 0.537. The van der Waals surface area contributed by atoms with Gasteiger partial charge in [-0.15, -0.1) is 0 Å². The van der Waals surface area contributed by atoms with Crippen molar-refractivity contribution in [3.63, 3.8) is 0 Å². The maximum atomic E-state index is 13.0. The van der Waals surface area contributed by atoms with Crippen LogP contribution in [0.2, 0.25) is 0 Å². The van der Waals surface area contributed by atoms with Gasteiger partial charge in [0.2, 0.25) is 11.7 Å². The van der Waals surface area contributed by atoms with Gasteiger partial charge >= 0.3 is 0 Å². The smallest absolute Gasteiger partial charge is 0.291 e. The molecular formula is C18H20N6O3. The van der Waals surface area contributed by atoms with Crippen LogP contribution >= 0.6 is 0 Å². The average molecular weight is 368 g/mol. The molecule has 1 spiro atoms. The summed E-state index contributed by atoms with van der Waals surface area (Å²) in [6, 6.07) is 0. The SMILES string of the molecule is COc1cnc(C(=O)N2CCC3(CC2)CCN(c2cncnc2)C3=O)nc1. The summed E-state index contributed by atoms with van der Waals surface area (Å²) in [5, 5.41) is 0. The fourth-order valence-electron chi connectivity index (χ4n) is 3.77. The molecule has 27 heavy (non-hydrogen) atoms. The Labute approximate surface area is 156 Å². The molecule has 0 aliphatic carbocycles. The quantitative estimate of drug-likeness (QED) is 0.794. The molecule has 4 heterocycles. The zero-order valence-corrected chi connectivity index (χ0v) is 15.0. The van der Waals surface area contributed by atoms with Gasteiger partial charge in [-0.1, -0.05) is 0 Å². The molecule has 0 bridgehead atoms. The first-order valence-corrected chi connectivity index (χ1v) is 8.85. The van der Waals surface area contributed by atoms with E-state index < -0.39 is 5.41 Å². The van der Waals surface area contributed by atoms with Crippen LogP contribution in [0.25, 0.3) is 0 Å². The van der Waals surface area contributed by atoms with Crippen LogP contribution in [-0.2, 0) is 4.79 Å². The first-order valence-electron chi connectivity index (χ1n) is 8.85. The molecule has 9 heteroatoms. The number of amides is 2. The lowest BCUT2D eigenvalue weighted by Crippen LogP contribution is -2.47. The van der Waals surface area contributed by atoms with Crippen LogP contribution in [0.4, 0.5) is 5.69 Å². The minimum absolute atomic E-state index is 0.102. The van der Waals surface area contributed by atoms with Gasteiger partial charge in [0.05, 0.1) is 43.0 Å². The Hall–Kier alpha value is -3.10. The van der Waals surface area contributed by atoms with E-state index in [1.165, 1.54) is 25.8 Å². The van der Waals surface area contributed by atoms with E-state index in [-0.39, 0.29) is 17.6 Å². The number of anilines is 1. The molecule has 2 saturated heterocycles. The van der Waals surface area contributed by atoms with E-state index in [2.05, 4.69) is 19.9 Å². The molecule has 0 atom stereocenters. The number of aromatic nitrogens is 4. The number of hydrogen-bond acceptors (Lipinski definition) is 7. The highest BCUT2D eigenvalue weighted by molar-refractivity contribution is 6.00. The van der Waals surface area contributed by atoms with Gasteiger partial charge in [-0.25, -0.2) is 19.9 Å². The summed E-state index contributed by atoms with van der Waals surface area (Å²) in [4.78, 5) is 45.2. The van der Waals surface area contributed by atoms with Crippen molar-refractivity contribution in [2.75, 3.05) is 31.6 Å². The molecule has 2 amide bonds. The number of nitrogens with zero attached hydrogens (tertiary/aromatic N) is 6. The van der Waals surface area contributed by atoms with Gasteiger partial charge in [0.1, 0.15) is 6.33 Å². The minimum atomic E-state index is -0.409. The predicted molar refractivity (Wildman–Crippen MR) is 95.2 cm³/mol. The molecule has 9 nitrogen and oxygen atoms in total. The van der Waals surface area contributed by atoms with Crippen molar-refractivity contribution in [2.45, 2.75) is 19.3 Å². The van der Waals surface area contributed by atoms with Crippen LogP contribution in [0.1, 0.15) is 29.9 Å². The summed E-state index contributed by atoms with van der Waals surface area (Å²) in [6.07, 6.45) is 9.77. The molecule has 2 aliphatic heterocycles. The number of ether oxygens (including phenoxy) is 1. The summed E-state index contributed by atoms with van der Waals surface area (Å²) < 4.78 is 5.02. The second kappa shape index (κ2) is 6.90. The Balaban J connectivity index is 1.42. The highest BCUT2D eigenvalue weighted by Crippen LogP contribution is 2.43. The number of methoxy groups -OCH3 is 1. The number of carbonyl (C=O) groups is 2. The van der Waals surface area contributed by atoms with Gasteiger partial charge in [0.15, 0.2) is 5.75 Å². The van der Waals surface area contributed by atoms with Gasteiger partial charge < -0.3 is 14.5 Å². The molecule has 0 unspecified atom stereocenters. The van der Waals surface area contributed by atoms with E-state index >= 15 is 0 Å². The Morgan fingerprint density at radius 1 is 1.04 bits per heavy atom. The van der Waals surface area contributed by atoms with E-state index in [0.29, 0.717) is 38.2 Å². The van der Waals surface area contributed by atoms with E-state index in [1.807, 2.05) is 0 Å². The van der Waals surface area contributed by atoms with Crippen molar-refractivity contribution >= 4 is 17.5 Å². The van der Waals surface area contributed by atoms with Crippen molar-refractivity contribution in [3.8, 4) is 5.75 Å². The lowest BCUT2D eigenvalue weighted by atomic mass is 9.77. The number of likely N-dealkylation sites (tertiary alicyclic amines) is 1. The third kappa shape index (κ3) is 3.09. The monoisotopic (exact) mass is 368 g/mol. The Morgan fingerprint density at radius 3 is 2.30 bits per heavy atom. The zero-order chi connectivity index (χ0) is 18.9. The van der Waals surface area contributed by atoms with Crippen molar-refractivity contribution in [1.82, 2.24) is 24.8 Å². The van der Waals surface area contributed by atoms with Gasteiger partial charge in [-0.2, -0.15) is 0 Å². The van der Waals surface area contributed by atoms with Gasteiger partial charge in [0.25, 0.3) is 5.91 Å². The molecule has 2 aromatic heterocycles. The van der Waals surface area contributed by atoms with Gasteiger partial charge in [-0.3, -0.25) is 9.59 Å². The second-order valence-electron chi connectivity index (χ2n) is 6.82. The summed E-state index contributed by atoms with van der Waals surface area (Å²) in [7, 11) is 1.52. The van der Waals surface area contributed by atoms with Gasteiger partial charge in [-0.05, 0) is 19.3 Å². The molecule has 2 fully saturated rings. The molecule has 140 valence electrons. The van der Waals surface area contributed by atoms with Crippen LogP contribution < -0.4 is 9.64 Å². The number of rotatable bonds is 3. The normalized spacial score (nSPS) is 18.8. The molecule has 4 rings (SSSR count). The number of carbonyl (C=O) groups excluding carboxylic acids is 2. The standard InChI is InChI=1S/C18H20N6O3/c1-27-14-10-21-15(22-11-14)16(25)23-5-2-18(3-6-23)4-7-24(17(18)26)13-8-19-12-20-9-13/h8-12H,2-7H2,1H3. The van der Waals surface area contributed by atoms with Gasteiger partial charge in [0, 0.05) is 19.6 Å². The maximum absolute atomic E-state index is 13.0. The highest BCUT2D eigenvalue weighted by Gasteiger charge is 2.49. The van der Waals surface area contributed by atoms with E-state index in [9.17, 15) is 9.59 Å². The lowest BCUT2D eigenvalue weighted by molar-refractivity contribution is -0.127. The summed E-state index contributed by atoms with van der Waals surface area (Å²) in [6.45, 7) is 1.68. The maximum Gasteiger partial charge on any atom is 0.291 e. The Morgan fingerprint density at radius 2 is 1.67 bits per heavy atom. The van der Waals surface area contributed by atoms with E-state index in [4.69, 9.17) is 4.74 Å². The van der Waals surface area contributed by atoms with Crippen LogP contribution in [0.3, 0.4) is 0 Å². The third-order valence-electron chi connectivity index (χ3n) is 5.43. The molecular weight excluding hydrogens is 348 g/mol. The summed E-state index contributed by atoms with van der Waals surface area (Å²) in [5.41, 5.74) is 0.317. The van der Waals surface area contributed by atoms with Crippen LogP contribution in [0.15, 0.2) is 31.1 Å². The molecule has 2 aliphatic rings. The van der Waals surface area contributed by atoms with Crippen LogP contribution in [-0.4, -0.2) is 63.4 Å². The molecule has 0 N–H and O–H groups in total. The summed E-state index contributed by atoms with van der Waals surface area (Å²) >= 11 is 0. The van der Waals surface area contributed by atoms with E-state index in [0.717, 1.165) is 12.1 Å². The van der Waals surface area contributed by atoms with Crippen LogP contribution in [0, 0.1) is 5.41 Å². The van der Waals surface area contributed by atoms with E-state index in [1.54, 1.807) is 22.2 Å².